The fourth-order valence-corrected chi connectivity index (χ4v) is 3.08. The minimum atomic E-state index is -4.52. The SMILES string of the molecule is CN(CCCCCc1cc(-c2ccc(F)cc2)n[nH]1)C(=O)Cn1ccc(C(F)(F)F)n1. The van der Waals surface area contributed by atoms with Gasteiger partial charge < -0.3 is 4.90 Å². The molecule has 0 bridgehead atoms. The van der Waals surface area contributed by atoms with Gasteiger partial charge in [-0.25, -0.2) is 4.39 Å². The Bertz CT molecular complexity index is 994. The summed E-state index contributed by atoms with van der Waals surface area (Å²) in [5.41, 5.74) is 1.56. The number of unbranched alkanes of at least 4 members (excludes halogenated alkanes) is 2. The van der Waals surface area contributed by atoms with Crippen LogP contribution in [-0.2, 0) is 23.9 Å². The highest BCUT2D eigenvalue weighted by Crippen LogP contribution is 2.27. The Morgan fingerprint density at radius 3 is 2.55 bits per heavy atom. The molecule has 10 heteroatoms. The summed E-state index contributed by atoms with van der Waals surface area (Å²) in [5, 5.41) is 10.6. The van der Waals surface area contributed by atoms with Crippen LogP contribution in [0.5, 0.6) is 0 Å². The molecule has 0 fully saturated rings. The third kappa shape index (κ3) is 6.40. The molecule has 0 aliphatic carbocycles. The molecule has 1 N–H and O–H groups in total. The molecule has 3 rings (SSSR count). The largest absolute Gasteiger partial charge is 0.435 e. The number of halogens is 4. The number of hydrogen-bond donors (Lipinski definition) is 1. The number of likely N-dealkylation sites (N-methyl/N-ethyl adjacent to an activating group) is 1. The van der Waals surface area contributed by atoms with Gasteiger partial charge in [0, 0.05) is 31.0 Å². The van der Waals surface area contributed by atoms with Gasteiger partial charge in [-0.05, 0) is 55.7 Å². The Morgan fingerprint density at radius 1 is 1.13 bits per heavy atom. The molecule has 2 aromatic heterocycles. The van der Waals surface area contributed by atoms with Crippen molar-refractivity contribution in [1.82, 2.24) is 24.9 Å². The maximum absolute atomic E-state index is 13.0. The van der Waals surface area contributed by atoms with Crippen molar-refractivity contribution in [3.63, 3.8) is 0 Å². The molecule has 0 aliphatic heterocycles. The van der Waals surface area contributed by atoms with Crippen LogP contribution in [0.25, 0.3) is 11.3 Å². The van der Waals surface area contributed by atoms with E-state index < -0.39 is 11.9 Å². The average Bonchev–Trinajstić information content (AvgIpc) is 3.38. The Labute approximate surface area is 176 Å². The number of aromatic nitrogens is 4. The van der Waals surface area contributed by atoms with E-state index in [1.165, 1.54) is 17.0 Å². The van der Waals surface area contributed by atoms with Crippen molar-refractivity contribution in [3.8, 4) is 11.3 Å². The molecule has 166 valence electrons. The molecule has 0 radical (unpaired) electrons. The zero-order valence-corrected chi connectivity index (χ0v) is 17.0. The van der Waals surface area contributed by atoms with Gasteiger partial charge in [0.25, 0.3) is 0 Å². The maximum atomic E-state index is 13.0. The minimum absolute atomic E-state index is 0.229. The number of amides is 1. The van der Waals surface area contributed by atoms with Crippen molar-refractivity contribution < 1.29 is 22.4 Å². The highest BCUT2D eigenvalue weighted by molar-refractivity contribution is 5.75. The minimum Gasteiger partial charge on any atom is -0.344 e. The zero-order chi connectivity index (χ0) is 22.4. The van der Waals surface area contributed by atoms with Gasteiger partial charge >= 0.3 is 6.18 Å². The lowest BCUT2D eigenvalue weighted by Crippen LogP contribution is -2.31. The summed E-state index contributed by atoms with van der Waals surface area (Å²) in [5.74, 6) is -0.590. The van der Waals surface area contributed by atoms with Crippen LogP contribution >= 0.6 is 0 Å². The predicted octanol–water partition coefficient (Wildman–Crippen LogP) is 4.30. The molecule has 0 atom stereocenters. The first kappa shape index (κ1) is 22.5. The molecular formula is C21H23F4N5O. The highest BCUT2D eigenvalue weighted by atomic mass is 19.4. The van der Waals surface area contributed by atoms with Crippen molar-refractivity contribution in [3.05, 3.63) is 59.8 Å². The van der Waals surface area contributed by atoms with E-state index in [-0.39, 0.29) is 18.3 Å². The second-order valence-electron chi connectivity index (χ2n) is 7.31. The van der Waals surface area contributed by atoms with Gasteiger partial charge in [0.15, 0.2) is 5.69 Å². The third-order valence-corrected chi connectivity index (χ3v) is 4.86. The molecule has 0 saturated carbocycles. The lowest BCUT2D eigenvalue weighted by Gasteiger charge is -2.17. The predicted molar refractivity (Wildman–Crippen MR) is 106 cm³/mol. The molecule has 0 unspecified atom stereocenters. The van der Waals surface area contributed by atoms with Gasteiger partial charge in [-0.1, -0.05) is 6.42 Å². The van der Waals surface area contributed by atoms with E-state index in [0.717, 1.165) is 59.6 Å². The molecule has 1 amide bonds. The second-order valence-corrected chi connectivity index (χ2v) is 7.31. The third-order valence-electron chi connectivity index (χ3n) is 4.86. The van der Waals surface area contributed by atoms with Crippen molar-refractivity contribution in [2.45, 2.75) is 38.4 Å². The number of aromatic amines is 1. The Kier molecular flexibility index (Phi) is 7.09. The van der Waals surface area contributed by atoms with Crippen molar-refractivity contribution in [1.29, 1.82) is 0 Å². The summed E-state index contributed by atoms with van der Waals surface area (Å²) in [6.07, 6.45) is -0.0368. The van der Waals surface area contributed by atoms with Crippen LogP contribution in [0, 0.1) is 5.82 Å². The molecule has 31 heavy (non-hydrogen) atoms. The first-order chi connectivity index (χ1) is 14.7. The number of benzene rings is 1. The van der Waals surface area contributed by atoms with Gasteiger partial charge in [-0.15, -0.1) is 0 Å². The van der Waals surface area contributed by atoms with Gasteiger partial charge in [-0.2, -0.15) is 23.4 Å². The van der Waals surface area contributed by atoms with Gasteiger partial charge in [0.1, 0.15) is 12.4 Å². The molecule has 2 heterocycles. The molecular weight excluding hydrogens is 414 g/mol. The van der Waals surface area contributed by atoms with Crippen LogP contribution in [0.3, 0.4) is 0 Å². The summed E-state index contributed by atoms with van der Waals surface area (Å²) < 4.78 is 51.7. The van der Waals surface area contributed by atoms with Crippen LogP contribution < -0.4 is 0 Å². The summed E-state index contributed by atoms with van der Waals surface area (Å²) in [6.45, 7) is 0.281. The number of aryl methyl sites for hydroxylation is 1. The number of rotatable bonds is 9. The van der Waals surface area contributed by atoms with E-state index in [1.807, 2.05) is 6.07 Å². The van der Waals surface area contributed by atoms with Crippen molar-refractivity contribution >= 4 is 5.91 Å². The number of carbonyl (C=O) groups is 1. The standard InChI is InChI=1S/C21H23F4N5O/c1-29(20(31)14-30-12-10-19(28-30)21(23,24)25)11-4-2-3-5-17-13-18(27-26-17)15-6-8-16(22)9-7-15/h6-10,12-13H,2-5,11,14H2,1H3,(H,26,27). The molecule has 0 spiro atoms. The number of nitrogens with one attached hydrogen (secondary N) is 1. The molecule has 0 aliphatic rings. The van der Waals surface area contributed by atoms with E-state index in [4.69, 9.17) is 0 Å². The topological polar surface area (TPSA) is 66.8 Å². The summed E-state index contributed by atoms with van der Waals surface area (Å²) in [6, 6.07) is 8.92. The van der Waals surface area contributed by atoms with Crippen LogP contribution in [-0.4, -0.2) is 44.4 Å². The average molecular weight is 437 g/mol. The van der Waals surface area contributed by atoms with Crippen LogP contribution in [0.15, 0.2) is 42.6 Å². The second kappa shape index (κ2) is 9.76. The van der Waals surface area contributed by atoms with Crippen molar-refractivity contribution in [2.75, 3.05) is 13.6 Å². The van der Waals surface area contributed by atoms with Gasteiger partial charge in [0.05, 0.1) is 5.69 Å². The van der Waals surface area contributed by atoms with Gasteiger partial charge in [0.2, 0.25) is 5.91 Å². The summed E-state index contributed by atoms with van der Waals surface area (Å²) in [4.78, 5) is 13.7. The molecule has 0 saturated heterocycles. The normalized spacial score (nSPS) is 11.6. The lowest BCUT2D eigenvalue weighted by molar-refractivity contribution is -0.142. The van der Waals surface area contributed by atoms with E-state index in [2.05, 4.69) is 15.3 Å². The first-order valence-corrected chi connectivity index (χ1v) is 9.87. The number of hydrogen-bond acceptors (Lipinski definition) is 3. The lowest BCUT2D eigenvalue weighted by atomic mass is 10.1. The Hall–Kier alpha value is -3.17. The fraction of sp³-hybridized carbons (Fsp3) is 0.381. The molecule has 6 nitrogen and oxygen atoms in total. The number of nitrogens with zero attached hydrogens (tertiary/aromatic N) is 4. The number of alkyl halides is 3. The smallest absolute Gasteiger partial charge is 0.344 e. The molecule has 1 aromatic carbocycles. The van der Waals surface area contributed by atoms with Crippen LogP contribution in [0.2, 0.25) is 0 Å². The fourth-order valence-electron chi connectivity index (χ4n) is 3.08. The van der Waals surface area contributed by atoms with Gasteiger partial charge in [-0.3, -0.25) is 14.6 Å². The van der Waals surface area contributed by atoms with E-state index in [0.29, 0.717) is 6.54 Å². The van der Waals surface area contributed by atoms with Crippen LogP contribution in [0.4, 0.5) is 17.6 Å². The number of H-pyrrole nitrogens is 1. The van der Waals surface area contributed by atoms with Crippen LogP contribution in [0.1, 0.15) is 30.7 Å². The number of carbonyl (C=O) groups excluding carboxylic acids is 1. The quantitative estimate of drug-likeness (QED) is 0.401. The monoisotopic (exact) mass is 437 g/mol. The summed E-state index contributed by atoms with van der Waals surface area (Å²) in [7, 11) is 1.63. The van der Waals surface area contributed by atoms with E-state index in [9.17, 15) is 22.4 Å². The Morgan fingerprint density at radius 2 is 1.87 bits per heavy atom. The van der Waals surface area contributed by atoms with E-state index >= 15 is 0 Å². The highest BCUT2D eigenvalue weighted by Gasteiger charge is 2.33. The summed E-state index contributed by atoms with van der Waals surface area (Å²) >= 11 is 0. The zero-order valence-electron chi connectivity index (χ0n) is 17.0. The molecule has 3 aromatic rings. The maximum Gasteiger partial charge on any atom is 0.435 e. The first-order valence-electron chi connectivity index (χ1n) is 9.87. The Balaban J connectivity index is 1.36. The van der Waals surface area contributed by atoms with Crippen molar-refractivity contribution in [2.24, 2.45) is 0 Å². The van der Waals surface area contributed by atoms with E-state index in [1.54, 1.807) is 19.2 Å².